The molecule has 1 aliphatic heterocycles. The Kier molecular flexibility index (Phi) is 9.86. The van der Waals surface area contributed by atoms with E-state index in [-0.39, 0.29) is 12.6 Å². The Morgan fingerprint density at radius 1 is 1.26 bits per heavy atom. The van der Waals surface area contributed by atoms with Gasteiger partial charge in [0.2, 0.25) is 5.91 Å². The third-order valence-electron chi connectivity index (χ3n) is 4.32. The first-order chi connectivity index (χ1) is 12.6. The fraction of sp³-hybridized carbons (Fsp3) is 0.882. The molecule has 2 N–H and O–H groups in total. The van der Waals surface area contributed by atoms with Gasteiger partial charge in [-0.2, -0.15) is 13.2 Å². The maximum atomic E-state index is 12.4. The number of guanidine groups is 1. The fourth-order valence-electron chi connectivity index (χ4n) is 2.86. The number of amides is 1. The lowest BCUT2D eigenvalue weighted by Gasteiger charge is -2.37. The van der Waals surface area contributed by atoms with Crippen LogP contribution in [-0.4, -0.2) is 93.4 Å². The van der Waals surface area contributed by atoms with Crippen molar-refractivity contribution in [2.24, 2.45) is 10.9 Å². The number of hydrogen-bond donors (Lipinski definition) is 2. The average Bonchev–Trinajstić information content (AvgIpc) is 2.58. The van der Waals surface area contributed by atoms with Crippen LogP contribution in [0.4, 0.5) is 13.2 Å². The molecule has 27 heavy (non-hydrogen) atoms. The third kappa shape index (κ3) is 9.28. The molecule has 1 saturated heterocycles. The first kappa shape index (κ1) is 23.5. The number of morpholine rings is 1. The summed E-state index contributed by atoms with van der Waals surface area (Å²) in [6.07, 6.45) is -4.42. The molecule has 0 aromatic carbocycles. The minimum Gasteiger partial charge on any atom is -0.379 e. The largest absolute Gasteiger partial charge is 0.406 e. The minimum absolute atomic E-state index is 0.265. The van der Waals surface area contributed by atoms with Gasteiger partial charge >= 0.3 is 6.18 Å². The molecule has 1 unspecified atom stereocenters. The van der Waals surface area contributed by atoms with Crippen LogP contribution in [0.1, 0.15) is 20.8 Å². The van der Waals surface area contributed by atoms with E-state index in [1.165, 1.54) is 0 Å². The standard InChI is InChI=1S/C17H32F3N5O2/c1-5-21-16(23-11-15(26)24(4)12-17(18,19)20)22-10-14(13(2)3)25-6-8-27-9-7-25/h13-14H,5-12H2,1-4H3,(H2,21,22,23). The second-order valence-electron chi connectivity index (χ2n) is 6.90. The van der Waals surface area contributed by atoms with E-state index in [0.29, 0.717) is 43.1 Å². The molecule has 1 amide bonds. The Balaban J connectivity index is 2.62. The molecule has 0 bridgehead atoms. The Labute approximate surface area is 159 Å². The van der Waals surface area contributed by atoms with E-state index in [9.17, 15) is 18.0 Å². The van der Waals surface area contributed by atoms with Gasteiger partial charge in [0.05, 0.1) is 13.2 Å². The summed E-state index contributed by atoms with van der Waals surface area (Å²) >= 11 is 0. The van der Waals surface area contributed by atoms with Crippen LogP contribution in [0.2, 0.25) is 0 Å². The molecular formula is C17H32F3N5O2. The molecule has 0 radical (unpaired) electrons. The summed E-state index contributed by atoms with van der Waals surface area (Å²) < 4.78 is 42.5. The van der Waals surface area contributed by atoms with Gasteiger partial charge in [0.1, 0.15) is 13.1 Å². The molecule has 0 aromatic heterocycles. The van der Waals surface area contributed by atoms with Crippen LogP contribution < -0.4 is 10.6 Å². The number of nitrogens with zero attached hydrogens (tertiary/aromatic N) is 3. The van der Waals surface area contributed by atoms with Crippen molar-refractivity contribution in [2.75, 3.05) is 59.5 Å². The first-order valence-electron chi connectivity index (χ1n) is 9.28. The molecule has 0 aliphatic carbocycles. The van der Waals surface area contributed by atoms with Crippen LogP contribution in [0.5, 0.6) is 0 Å². The Morgan fingerprint density at radius 3 is 2.41 bits per heavy atom. The molecule has 1 atom stereocenters. The average molecular weight is 395 g/mol. The maximum Gasteiger partial charge on any atom is 0.406 e. The zero-order chi connectivity index (χ0) is 20.4. The predicted molar refractivity (Wildman–Crippen MR) is 98.7 cm³/mol. The van der Waals surface area contributed by atoms with Crippen molar-refractivity contribution in [3.05, 3.63) is 0 Å². The lowest BCUT2D eigenvalue weighted by Crippen LogP contribution is -2.52. The van der Waals surface area contributed by atoms with Gasteiger partial charge in [-0.25, -0.2) is 4.99 Å². The van der Waals surface area contributed by atoms with Crippen LogP contribution in [0.15, 0.2) is 4.99 Å². The highest BCUT2D eigenvalue weighted by atomic mass is 19.4. The van der Waals surface area contributed by atoms with Crippen molar-refractivity contribution < 1.29 is 22.7 Å². The highest BCUT2D eigenvalue weighted by Crippen LogP contribution is 2.15. The van der Waals surface area contributed by atoms with Gasteiger partial charge in [-0.1, -0.05) is 13.8 Å². The van der Waals surface area contributed by atoms with E-state index in [1.54, 1.807) is 0 Å². The third-order valence-corrected chi connectivity index (χ3v) is 4.32. The second kappa shape index (κ2) is 11.3. The predicted octanol–water partition coefficient (Wildman–Crippen LogP) is 0.919. The summed E-state index contributed by atoms with van der Waals surface area (Å²) in [5, 5.41) is 6.23. The van der Waals surface area contributed by atoms with Gasteiger partial charge < -0.3 is 20.3 Å². The number of halogens is 3. The molecular weight excluding hydrogens is 363 g/mol. The molecule has 158 valence electrons. The summed E-state index contributed by atoms with van der Waals surface area (Å²) in [6, 6.07) is 0.265. The van der Waals surface area contributed by atoms with Crippen molar-refractivity contribution in [3.8, 4) is 0 Å². The van der Waals surface area contributed by atoms with Crippen molar-refractivity contribution in [3.63, 3.8) is 0 Å². The number of carbonyl (C=O) groups excluding carboxylic acids is 1. The van der Waals surface area contributed by atoms with Crippen molar-refractivity contribution in [2.45, 2.75) is 33.0 Å². The number of carbonyl (C=O) groups is 1. The molecule has 0 saturated carbocycles. The Hall–Kier alpha value is -1.55. The lowest BCUT2D eigenvalue weighted by molar-refractivity contribution is -0.157. The quantitative estimate of drug-likeness (QED) is 0.473. The molecule has 10 heteroatoms. The summed E-state index contributed by atoms with van der Waals surface area (Å²) in [5.41, 5.74) is 0. The summed E-state index contributed by atoms with van der Waals surface area (Å²) in [4.78, 5) is 19.0. The maximum absolute atomic E-state index is 12.4. The monoisotopic (exact) mass is 395 g/mol. The van der Waals surface area contributed by atoms with Gasteiger partial charge in [0, 0.05) is 39.3 Å². The van der Waals surface area contributed by atoms with Crippen molar-refractivity contribution >= 4 is 11.9 Å². The fourth-order valence-corrected chi connectivity index (χ4v) is 2.86. The smallest absolute Gasteiger partial charge is 0.379 e. The molecule has 1 aliphatic rings. The number of rotatable bonds is 8. The summed E-state index contributed by atoms with van der Waals surface area (Å²) in [5.74, 6) is 0.140. The number of ether oxygens (including phenoxy) is 1. The van der Waals surface area contributed by atoms with Gasteiger partial charge in [0.15, 0.2) is 5.96 Å². The number of alkyl halides is 3. The number of aliphatic imine (C=N–C) groups is 1. The van der Waals surface area contributed by atoms with Crippen molar-refractivity contribution in [1.29, 1.82) is 0 Å². The highest BCUT2D eigenvalue weighted by Gasteiger charge is 2.31. The lowest BCUT2D eigenvalue weighted by atomic mass is 10.0. The van der Waals surface area contributed by atoms with E-state index in [0.717, 1.165) is 20.1 Å². The summed E-state index contributed by atoms with van der Waals surface area (Å²) in [7, 11) is 1.12. The van der Waals surface area contributed by atoms with E-state index in [4.69, 9.17) is 4.74 Å². The van der Waals surface area contributed by atoms with E-state index in [1.807, 2.05) is 6.92 Å². The molecule has 1 rings (SSSR count). The SMILES string of the molecule is CCNC(=NCC(=O)N(C)CC(F)(F)F)NCC(C(C)C)N1CCOCC1. The molecule has 0 aromatic rings. The van der Waals surface area contributed by atoms with Gasteiger partial charge in [0.25, 0.3) is 0 Å². The van der Waals surface area contributed by atoms with Crippen LogP contribution in [0, 0.1) is 5.92 Å². The topological polar surface area (TPSA) is 69.2 Å². The van der Waals surface area contributed by atoms with Crippen LogP contribution in [0.3, 0.4) is 0 Å². The zero-order valence-corrected chi connectivity index (χ0v) is 16.6. The van der Waals surface area contributed by atoms with Gasteiger partial charge in [-0.15, -0.1) is 0 Å². The zero-order valence-electron chi connectivity index (χ0n) is 16.6. The van der Waals surface area contributed by atoms with Gasteiger partial charge in [-0.3, -0.25) is 9.69 Å². The normalized spacial score (nSPS) is 17.7. The van der Waals surface area contributed by atoms with E-state index in [2.05, 4.69) is 34.4 Å². The van der Waals surface area contributed by atoms with E-state index < -0.39 is 18.6 Å². The first-order valence-corrected chi connectivity index (χ1v) is 9.28. The molecule has 0 spiro atoms. The molecule has 7 nitrogen and oxygen atoms in total. The molecule has 1 heterocycles. The van der Waals surface area contributed by atoms with Crippen LogP contribution >= 0.6 is 0 Å². The number of nitrogens with one attached hydrogen (secondary N) is 2. The van der Waals surface area contributed by atoms with Crippen LogP contribution in [-0.2, 0) is 9.53 Å². The second-order valence-corrected chi connectivity index (χ2v) is 6.90. The number of likely N-dealkylation sites (N-methyl/N-ethyl adjacent to an activating group) is 1. The molecule has 1 fully saturated rings. The Bertz CT molecular complexity index is 480. The minimum atomic E-state index is -4.42. The number of hydrogen-bond acceptors (Lipinski definition) is 4. The Morgan fingerprint density at radius 2 is 1.89 bits per heavy atom. The highest BCUT2D eigenvalue weighted by molar-refractivity contribution is 5.84. The van der Waals surface area contributed by atoms with Crippen LogP contribution in [0.25, 0.3) is 0 Å². The van der Waals surface area contributed by atoms with E-state index >= 15 is 0 Å². The van der Waals surface area contributed by atoms with Crippen molar-refractivity contribution in [1.82, 2.24) is 20.4 Å². The summed E-state index contributed by atoms with van der Waals surface area (Å²) in [6.45, 7) is 8.88. The van der Waals surface area contributed by atoms with Gasteiger partial charge in [-0.05, 0) is 12.8 Å².